The molecule has 10 heteroatoms. The molecule has 194 valence electrons. The zero-order chi connectivity index (χ0) is 25.7. The minimum atomic E-state index is -3.04. The molecule has 0 unspecified atom stereocenters. The van der Waals surface area contributed by atoms with Crippen molar-refractivity contribution in [2.45, 2.75) is 56.2 Å². The molecule has 1 atom stereocenters. The van der Waals surface area contributed by atoms with Gasteiger partial charge in [-0.2, -0.15) is 0 Å². The van der Waals surface area contributed by atoms with Crippen LogP contribution in [-0.4, -0.2) is 73.6 Å². The Balaban J connectivity index is 1.23. The molecule has 0 aliphatic carbocycles. The quantitative estimate of drug-likeness (QED) is 0.601. The summed E-state index contributed by atoms with van der Waals surface area (Å²) < 4.78 is 49.7. The molecule has 36 heavy (non-hydrogen) atoms. The van der Waals surface area contributed by atoms with Crippen LogP contribution in [0.15, 0.2) is 36.5 Å². The summed E-state index contributed by atoms with van der Waals surface area (Å²) in [5.74, 6) is 0.200. The molecular formula is C26H32FN3O5S. The van der Waals surface area contributed by atoms with Crippen LogP contribution in [0.25, 0.3) is 0 Å². The minimum absolute atomic E-state index is 0.00879. The molecule has 8 nitrogen and oxygen atoms in total. The number of fused-ring (bicyclic) bond motifs is 1. The summed E-state index contributed by atoms with van der Waals surface area (Å²) in [5.41, 5.74) is 1.45. The molecule has 1 aromatic carbocycles. The summed E-state index contributed by atoms with van der Waals surface area (Å²) in [6.45, 7) is 5.86. The molecule has 0 saturated carbocycles. The molecular weight excluding hydrogens is 485 g/mol. The molecule has 1 amide bonds. The molecule has 2 fully saturated rings. The summed E-state index contributed by atoms with van der Waals surface area (Å²) in [7, 11) is -3.04. The fourth-order valence-electron chi connectivity index (χ4n) is 5.24. The molecule has 2 saturated heterocycles. The SMILES string of the molecule is CC(C)O[C@@H]1CC2(CCN(C(=O)c3ccc(N4CC(S(C)(=O)=O)C4)cn3)CC2)Oc2ccc(F)cc21. The average Bonchev–Trinajstić information content (AvgIpc) is 2.78. The van der Waals surface area contributed by atoms with E-state index in [9.17, 15) is 17.6 Å². The number of pyridine rings is 1. The number of carbonyl (C=O) groups excluding carboxylic acids is 1. The van der Waals surface area contributed by atoms with Crippen LogP contribution in [0.3, 0.4) is 0 Å². The lowest BCUT2D eigenvalue weighted by Gasteiger charge is -2.47. The van der Waals surface area contributed by atoms with Crippen molar-refractivity contribution >= 4 is 21.4 Å². The number of hydrogen-bond donors (Lipinski definition) is 0. The predicted molar refractivity (Wildman–Crippen MR) is 134 cm³/mol. The van der Waals surface area contributed by atoms with Gasteiger partial charge < -0.3 is 19.3 Å². The van der Waals surface area contributed by atoms with Gasteiger partial charge in [0.2, 0.25) is 0 Å². The Hall–Kier alpha value is -2.72. The maximum absolute atomic E-state index is 13.9. The summed E-state index contributed by atoms with van der Waals surface area (Å²) in [5, 5.41) is -0.349. The molecule has 1 spiro atoms. The third kappa shape index (κ3) is 4.93. The lowest BCUT2D eigenvalue weighted by molar-refractivity contribution is -0.0874. The lowest BCUT2D eigenvalue weighted by Crippen LogP contribution is -2.54. The number of aromatic nitrogens is 1. The largest absolute Gasteiger partial charge is 0.487 e. The summed E-state index contributed by atoms with van der Waals surface area (Å²) in [6, 6.07) is 8.08. The first kappa shape index (κ1) is 25.0. The first-order valence-electron chi connectivity index (χ1n) is 12.4. The second-order valence-corrected chi connectivity index (χ2v) is 12.7. The number of hydrogen-bond acceptors (Lipinski definition) is 7. The minimum Gasteiger partial charge on any atom is -0.487 e. The van der Waals surface area contributed by atoms with Gasteiger partial charge in [-0.05, 0) is 44.2 Å². The molecule has 0 bridgehead atoms. The Labute approximate surface area is 211 Å². The van der Waals surface area contributed by atoms with Gasteiger partial charge >= 0.3 is 0 Å². The fraction of sp³-hybridized carbons (Fsp3) is 0.538. The Morgan fingerprint density at radius 2 is 1.92 bits per heavy atom. The summed E-state index contributed by atoms with van der Waals surface area (Å²) in [4.78, 5) is 21.2. The van der Waals surface area contributed by atoms with Gasteiger partial charge in [0.1, 0.15) is 22.9 Å². The maximum Gasteiger partial charge on any atom is 0.272 e. The number of piperidine rings is 1. The Bertz CT molecular complexity index is 1240. The maximum atomic E-state index is 13.9. The standard InChI is InChI=1S/C26H32FN3O5S/c1-17(2)34-24-13-26(35-23-7-4-18(27)12-21(23)24)8-10-29(11-9-26)25(31)22-6-5-19(14-28-22)30-15-20(16-30)36(3,32)33/h4-7,12,14,17,20,24H,8-11,13,15-16H2,1-3H3/t24-/m1/s1. The van der Waals surface area contributed by atoms with Gasteiger partial charge in [0.25, 0.3) is 5.91 Å². The fourth-order valence-corrected chi connectivity index (χ4v) is 6.14. The van der Waals surface area contributed by atoms with E-state index in [1.165, 1.54) is 18.4 Å². The van der Waals surface area contributed by atoms with Crippen molar-refractivity contribution in [2.75, 3.05) is 37.3 Å². The number of rotatable bonds is 5. The number of sulfone groups is 1. The van der Waals surface area contributed by atoms with Crippen molar-refractivity contribution < 1.29 is 27.1 Å². The first-order chi connectivity index (χ1) is 17.0. The van der Waals surface area contributed by atoms with Crippen molar-refractivity contribution in [3.63, 3.8) is 0 Å². The van der Waals surface area contributed by atoms with Crippen LogP contribution in [0.4, 0.5) is 10.1 Å². The van der Waals surface area contributed by atoms with Crippen LogP contribution >= 0.6 is 0 Å². The van der Waals surface area contributed by atoms with E-state index in [1.54, 1.807) is 23.2 Å². The number of nitrogens with zero attached hydrogens (tertiary/aromatic N) is 3. The number of halogens is 1. The average molecular weight is 518 g/mol. The van der Waals surface area contributed by atoms with Crippen molar-refractivity contribution in [1.29, 1.82) is 0 Å². The van der Waals surface area contributed by atoms with Gasteiger partial charge in [-0.1, -0.05) is 0 Å². The van der Waals surface area contributed by atoms with E-state index in [4.69, 9.17) is 9.47 Å². The molecule has 2 aromatic rings. The zero-order valence-electron chi connectivity index (χ0n) is 20.8. The van der Waals surface area contributed by atoms with Gasteiger partial charge in [-0.15, -0.1) is 0 Å². The second-order valence-electron chi connectivity index (χ2n) is 10.4. The third-order valence-corrected chi connectivity index (χ3v) is 8.90. The number of ether oxygens (including phenoxy) is 2. The molecule has 0 radical (unpaired) electrons. The van der Waals surface area contributed by atoms with Crippen LogP contribution in [0, 0.1) is 5.82 Å². The first-order valence-corrected chi connectivity index (χ1v) is 14.3. The Morgan fingerprint density at radius 3 is 2.53 bits per heavy atom. The summed E-state index contributed by atoms with van der Waals surface area (Å²) >= 11 is 0. The third-order valence-electron chi connectivity index (χ3n) is 7.39. The van der Waals surface area contributed by atoms with Crippen LogP contribution in [-0.2, 0) is 14.6 Å². The Morgan fingerprint density at radius 1 is 1.19 bits per heavy atom. The predicted octanol–water partition coefficient (Wildman–Crippen LogP) is 3.38. The lowest BCUT2D eigenvalue weighted by atomic mass is 9.81. The number of amides is 1. The molecule has 3 aliphatic rings. The highest BCUT2D eigenvalue weighted by Crippen LogP contribution is 2.46. The van der Waals surface area contributed by atoms with Crippen molar-refractivity contribution in [3.8, 4) is 5.75 Å². The topological polar surface area (TPSA) is 89.0 Å². The van der Waals surface area contributed by atoms with Gasteiger partial charge in [0, 0.05) is 57.3 Å². The van der Waals surface area contributed by atoms with E-state index in [-0.39, 0.29) is 29.2 Å². The Kier molecular flexibility index (Phi) is 6.45. The van der Waals surface area contributed by atoms with E-state index in [1.807, 2.05) is 24.8 Å². The number of carbonyl (C=O) groups is 1. The van der Waals surface area contributed by atoms with Crippen LogP contribution in [0.5, 0.6) is 5.75 Å². The number of likely N-dealkylation sites (tertiary alicyclic amines) is 1. The molecule has 4 heterocycles. The highest BCUT2D eigenvalue weighted by atomic mass is 32.2. The van der Waals surface area contributed by atoms with E-state index in [0.717, 1.165) is 11.3 Å². The van der Waals surface area contributed by atoms with Crippen LogP contribution in [0.1, 0.15) is 55.3 Å². The summed E-state index contributed by atoms with van der Waals surface area (Å²) in [6.07, 6.45) is 4.52. The van der Waals surface area contributed by atoms with Crippen molar-refractivity contribution in [3.05, 3.63) is 53.6 Å². The van der Waals surface area contributed by atoms with Gasteiger partial charge in [-0.25, -0.2) is 17.8 Å². The normalized spacial score (nSPS) is 21.8. The molecule has 3 aliphatic heterocycles. The number of benzene rings is 1. The van der Waals surface area contributed by atoms with E-state index < -0.39 is 15.4 Å². The van der Waals surface area contributed by atoms with E-state index >= 15 is 0 Å². The van der Waals surface area contributed by atoms with Gasteiger partial charge in [0.15, 0.2) is 9.84 Å². The van der Waals surface area contributed by atoms with Crippen molar-refractivity contribution in [2.24, 2.45) is 0 Å². The van der Waals surface area contributed by atoms with Crippen LogP contribution in [0.2, 0.25) is 0 Å². The highest BCUT2D eigenvalue weighted by Gasteiger charge is 2.45. The smallest absolute Gasteiger partial charge is 0.272 e. The van der Waals surface area contributed by atoms with Crippen LogP contribution < -0.4 is 9.64 Å². The van der Waals surface area contributed by atoms with E-state index in [2.05, 4.69) is 4.98 Å². The number of anilines is 1. The van der Waals surface area contributed by atoms with Crippen molar-refractivity contribution in [1.82, 2.24) is 9.88 Å². The zero-order valence-corrected chi connectivity index (χ0v) is 21.6. The second kappa shape index (κ2) is 9.30. The van der Waals surface area contributed by atoms with Gasteiger partial charge in [0.05, 0.1) is 29.3 Å². The molecule has 0 N–H and O–H groups in total. The molecule has 5 rings (SSSR count). The van der Waals surface area contributed by atoms with E-state index in [0.29, 0.717) is 56.9 Å². The molecule has 1 aromatic heterocycles. The van der Waals surface area contributed by atoms with Gasteiger partial charge in [-0.3, -0.25) is 4.79 Å². The monoisotopic (exact) mass is 517 g/mol. The highest BCUT2D eigenvalue weighted by molar-refractivity contribution is 7.91.